The van der Waals surface area contributed by atoms with Gasteiger partial charge in [-0.25, -0.2) is 0 Å². The van der Waals surface area contributed by atoms with E-state index in [0.717, 1.165) is 0 Å². The van der Waals surface area contributed by atoms with Crippen molar-refractivity contribution >= 4 is 15.0 Å². The molecule has 2 atom stereocenters. The first kappa shape index (κ1) is 22.1. The van der Waals surface area contributed by atoms with Gasteiger partial charge < -0.3 is 4.98 Å². The van der Waals surface area contributed by atoms with Crippen LogP contribution in [-0.2, 0) is 5.41 Å². The highest BCUT2D eigenvalue weighted by Gasteiger charge is 2.34. The maximum Gasteiger partial charge on any atom is 0.117 e. The molecule has 1 aliphatic rings. The van der Waals surface area contributed by atoms with Gasteiger partial charge in [-0.05, 0) is 59.9 Å². The van der Waals surface area contributed by atoms with Gasteiger partial charge >= 0.3 is 0 Å². The fraction of sp³-hybridized carbons (Fsp3) is 0.481. The second kappa shape index (κ2) is 7.89. The van der Waals surface area contributed by atoms with E-state index in [1.165, 1.54) is 27.8 Å². The molecule has 2 aromatic rings. The molecular weight excluding hydrogens is 366 g/mol. The Hall–Kier alpha value is -1.64. The van der Waals surface area contributed by atoms with Crippen LogP contribution in [0.4, 0.5) is 0 Å². The predicted octanol–water partition coefficient (Wildman–Crippen LogP) is 7.07. The molecule has 1 nitrogen and oxygen atoms in total. The molecule has 0 amide bonds. The Bertz CT molecular complexity index is 892. The third-order valence-electron chi connectivity index (χ3n) is 6.03. The molecule has 0 bridgehead atoms. The third-order valence-corrected chi connectivity index (χ3v) is 9.10. The number of hydrogen-bond acceptors (Lipinski definition) is 1. The van der Waals surface area contributed by atoms with Gasteiger partial charge in [-0.15, -0.1) is 0 Å². The molecular formula is C27H39NSi. The van der Waals surface area contributed by atoms with Crippen LogP contribution in [0.1, 0.15) is 77.6 Å². The van der Waals surface area contributed by atoms with Crippen LogP contribution in [0.2, 0.25) is 6.55 Å². The summed E-state index contributed by atoms with van der Waals surface area (Å²) >= 11 is 0. The van der Waals surface area contributed by atoms with Gasteiger partial charge in [-0.2, -0.15) is 0 Å². The van der Waals surface area contributed by atoms with E-state index in [9.17, 15) is 0 Å². The first-order valence-electron chi connectivity index (χ1n) is 11.1. The highest BCUT2D eigenvalue weighted by Crippen LogP contribution is 2.45. The molecule has 0 saturated heterocycles. The van der Waals surface area contributed by atoms with Gasteiger partial charge in [0.1, 0.15) is 8.96 Å². The maximum absolute atomic E-state index is 3.97. The largest absolute Gasteiger partial charge is 0.334 e. The Balaban J connectivity index is 2.06. The minimum Gasteiger partial charge on any atom is -0.334 e. The maximum atomic E-state index is 3.97. The van der Waals surface area contributed by atoms with Crippen molar-refractivity contribution in [2.24, 2.45) is 5.92 Å². The molecule has 1 N–H and O–H groups in total. The Morgan fingerprint density at radius 1 is 0.897 bits per heavy atom. The zero-order valence-electron chi connectivity index (χ0n) is 19.9. The van der Waals surface area contributed by atoms with Crippen LogP contribution in [0.25, 0.3) is 17.2 Å². The number of rotatable bonds is 4. The zero-order valence-corrected chi connectivity index (χ0v) is 21.0. The summed E-state index contributed by atoms with van der Waals surface area (Å²) in [5, 5.41) is 0. The Labute approximate surface area is 180 Å². The van der Waals surface area contributed by atoms with Gasteiger partial charge in [0, 0.05) is 11.1 Å². The van der Waals surface area contributed by atoms with Gasteiger partial charge in [0.15, 0.2) is 0 Å². The topological polar surface area (TPSA) is 12.0 Å². The summed E-state index contributed by atoms with van der Waals surface area (Å²) in [6.45, 7) is 20.9. The molecule has 0 fully saturated rings. The van der Waals surface area contributed by atoms with E-state index >= 15 is 0 Å². The second-order valence-corrected chi connectivity index (χ2v) is 13.6. The summed E-state index contributed by atoms with van der Waals surface area (Å²) in [6, 6.07) is 16.1. The number of fused-ring (bicyclic) bond motifs is 1. The lowest BCUT2D eigenvalue weighted by molar-refractivity contribution is 0.514. The first-order chi connectivity index (χ1) is 13.4. The average Bonchev–Trinajstić information content (AvgIpc) is 2.99. The van der Waals surface area contributed by atoms with Gasteiger partial charge in [-0.3, -0.25) is 0 Å². The minimum absolute atomic E-state index is 0.164. The second-order valence-electron chi connectivity index (χ2n) is 11.1. The molecule has 2 aromatic carbocycles. The lowest BCUT2D eigenvalue weighted by Crippen LogP contribution is -2.48. The molecule has 1 aliphatic carbocycles. The molecule has 0 heterocycles. The quantitative estimate of drug-likeness (QED) is 0.536. The average molecular weight is 406 g/mol. The molecule has 2 unspecified atom stereocenters. The van der Waals surface area contributed by atoms with Crippen molar-refractivity contribution in [2.75, 3.05) is 0 Å². The van der Waals surface area contributed by atoms with Gasteiger partial charge in [-0.1, -0.05) is 95.3 Å². The Morgan fingerprint density at radius 3 is 2.03 bits per heavy atom. The number of nitrogens with one attached hydrogen (secondary N) is 1. The third kappa shape index (κ3) is 4.75. The monoisotopic (exact) mass is 405 g/mol. The SMILES string of the molecule is CC(C)C1=Cc2c(-c3ccc(C(C)(C)C)cc3)cccc2C1[SiH](C)NC(C)(C)C. The summed E-state index contributed by atoms with van der Waals surface area (Å²) in [6.07, 6.45) is 2.51. The van der Waals surface area contributed by atoms with E-state index in [-0.39, 0.29) is 11.0 Å². The zero-order chi connectivity index (χ0) is 21.6. The van der Waals surface area contributed by atoms with Crippen LogP contribution < -0.4 is 4.98 Å². The fourth-order valence-electron chi connectivity index (χ4n) is 4.70. The lowest BCUT2D eigenvalue weighted by Gasteiger charge is -2.32. The number of allylic oxidation sites excluding steroid dienone is 1. The van der Waals surface area contributed by atoms with Gasteiger partial charge in [0.2, 0.25) is 0 Å². The van der Waals surface area contributed by atoms with Crippen LogP contribution in [-0.4, -0.2) is 14.5 Å². The molecule has 0 aromatic heterocycles. The Kier molecular flexibility index (Phi) is 6.00. The van der Waals surface area contributed by atoms with E-state index in [2.05, 4.69) is 115 Å². The molecule has 0 saturated carbocycles. The van der Waals surface area contributed by atoms with Crippen molar-refractivity contribution in [1.29, 1.82) is 0 Å². The smallest absolute Gasteiger partial charge is 0.117 e. The molecule has 3 rings (SSSR count). The van der Waals surface area contributed by atoms with Crippen LogP contribution in [0.15, 0.2) is 48.0 Å². The van der Waals surface area contributed by atoms with Crippen molar-refractivity contribution in [2.45, 2.75) is 78.4 Å². The van der Waals surface area contributed by atoms with Crippen LogP contribution >= 0.6 is 0 Å². The summed E-state index contributed by atoms with van der Waals surface area (Å²) in [5.74, 6) is 0.570. The summed E-state index contributed by atoms with van der Waals surface area (Å²) in [7, 11) is -1.19. The van der Waals surface area contributed by atoms with Crippen molar-refractivity contribution in [3.05, 3.63) is 64.7 Å². The van der Waals surface area contributed by atoms with E-state index in [0.29, 0.717) is 11.5 Å². The van der Waals surface area contributed by atoms with Gasteiger partial charge in [0.05, 0.1) is 0 Å². The summed E-state index contributed by atoms with van der Waals surface area (Å²) in [4.78, 5) is 3.97. The van der Waals surface area contributed by atoms with Gasteiger partial charge in [0.25, 0.3) is 0 Å². The minimum atomic E-state index is -1.19. The normalized spacial score (nSPS) is 18.0. The highest BCUT2D eigenvalue weighted by molar-refractivity contribution is 6.58. The van der Waals surface area contributed by atoms with Crippen molar-refractivity contribution in [3.8, 4) is 11.1 Å². The highest BCUT2D eigenvalue weighted by atomic mass is 28.3. The van der Waals surface area contributed by atoms with E-state index in [4.69, 9.17) is 0 Å². The predicted molar refractivity (Wildman–Crippen MR) is 132 cm³/mol. The molecule has 29 heavy (non-hydrogen) atoms. The fourth-order valence-corrected chi connectivity index (χ4v) is 8.12. The number of hydrogen-bond donors (Lipinski definition) is 1. The number of benzene rings is 2. The van der Waals surface area contributed by atoms with Crippen LogP contribution in [0.5, 0.6) is 0 Å². The summed E-state index contributed by atoms with van der Waals surface area (Å²) in [5.41, 5.74) is 9.59. The first-order valence-corrected chi connectivity index (χ1v) is 13.5. The van der Waals surface area contributed by atoms with Crippen LogP contribution in [0.3, 0.4) is 0 Å². The van der Waals surface area contributed by atoms with Crippen LogP contribution in [0, 0.1) is 5.92 Å². The molecule has 2 heteroatoms. The molecule has 0 aliphatic heterocycles. The lowest BCUT2D eigenvalue weighted by atomic mass is 9.86. The van der Waals surface area contributed by atoms with E-state index < -0.39 is 8.96 Å². The van der Waals surface area contributed by atoms with E-state index in [1.807, 2.05) is 0 Å². The Morgan fingerprint density at radius 2 is 1.52 bits per heavy atom. The molecule has 156 valence electrons. The van der Waals surface area contributed by atoms with Crippen molar-refractivity contribution < 1.29 is 0 Å². The summed E-state index contributed by atoms with van der Waals surface area (Å²) < 4.78 is 0. The molecule has 0 spiro atoms. The van der Waals surface area contributed by atoms with Crippen molar-refractivity contribution in [3.63, 3.8) is 0 Å². The van der Waals surface area contributed by atoms with E-state index in [1.54, 1.807) is 5.57 Å². The standard InChI is InChI=1S/C27H39NSi/c1-18(2)23-17-24-21(19-13-15-20(16-14-19)26(3,4)5)11-10-12-22(24)25(23)29(9)28-27(6,7)8/h10-18,25,28-29H,1-9H3. The van der Waals surface area contributed by atoms with Crippen molar-refractivity contribution in [1.82, 2.24) is 4.98 Å². The molecule has 0 radical (unpaired) electrons.